The Balaban J connectivity index is -0.000000158. The normalized spacial score (nSPS) is 9.43. The van der Waals surface area contributed by atoms with E-state index in [0.29, 0.717) is 12.2 Å². The third-order valence-corrected chi connectivity index (χ3v) is 1.64. The predicted octanol–water partition coefficient (Wildman–Crippen LogP) is -10.2. The first-order valence-corrected chi connectivity index (χ1v) is 4.90. The number of rotatable bonds is 7. The van der Waals surface area contributed by atoms with Crippen LogP contribution in [0.15, 0.2) is 12.2 Å². The van der Waals surface area contributed by atoms with Crippen molar-refractivity contribution in [2.75, 3.05) is 0 Å². The number of carbonyl (C=O) groups is 5. The van der Waals surface area contributed by atoms with E-state index in [2.05, 4.69) is 0 Å². The van der Waals surface area contributed by atoms with Crippen LogP contribution in [-0.2, 0) is 24.0 Å². The molecule has 0 heterocycles. The van der Waals surface area contributed by atoms with Gasteiger partial charge in [-0.2, -0.15) is 0 Å². The van der Waals surface area contributed by atoms with E-state index in [1.54, 1.807) is 0 Å². The second kappa shape index (κ2) is 15.2. The zero-order chi connectivity index (χ0) is 17.2. The summed E-state index contributed by atoms with van der Waals surface area (Å²) < 4.78 is 0. The monoisotopic (exact) mass is 368 g/mol. The van der Waals surface area contributed by atoms with Crippen molar-refractivity contribution in [2.24, 2.45) is 0 Å². The molecule has 0 aliphatic rings. The van der Waals surface area contributed by atoms with Crippen molar-refractivity contribution >= 4 is 29.8 Å². The average molecular weight is 368 g/mol. The Hall–Kier alpha value is -0.314. The van der Waals surface area contributed by atoms with Crippen molar-refractivity contribution in [3.05, 3.63) is 12.2 Å². The molecule has 0 saturated carbocycles. The molecule has 0 amide bonds. The largest absolute Gasteiger partial charge is 1.00 e. The van der Waals surface area contributed by atoms with Gasteiger partial charge in [-0.1, -0.05) is 0 Å². The van der Waals surface area contributed by atoms with Crippen molar-refractivity contribution in [1.29, 1.82) is 0 Å². The Kier molecular flexibility index (Phi) is 20.2. The fraction of sp³-hybridized carbons (Fsp3) is 0.300. The molecule has 0 atom stereocenters. The van der Waals surface area contributed by atoms with Gasteiger partial charge in [-0.25, -0.2) is 4.79 Å². The SMILES string of the molecule is O=C(O)CC(O)(CC(=O)O)C(=O)O.O=C([O-])C=CC(=O)[O-].[K+].[Na+]. The first kappa shape index (κ1) is 30.6. The summed E-state index contributed by atoms with van der Waals surface area (Å²) in [5.41, 5.74) is -2.74. The Labute approximate surface area is 193 Å². The van der Waals surface area contributed by atoms with E-state index in [1.807, 2.05) is 0 Å². The average Bonchev–Trinajstić information content (AvgIpc) is 2.24. The summed E-state index contributed by atoms with van der Waals surface area (Å²) >= 11 is 0. The van der Waals surface area contributed by atoms with Crippen molar-refractivity contribution in [2.45, 2.75) is 18.4 Å². The van der Waals surface area contributed by atoms with Crippen LogP contribution in [0.4, 0.5) is 0 Å². The van der Waals surface area contributed by atoms with E-state index in [0.717, 1.165) is 0 Å². The van der Waals surface area contributed by atoms with Gasteiger partial charge in [0.1, 0.15) is 0 Å². The second-order valence-electron chi connectivity index (χ2n) is 3.45. The molecule has 4 N–H and O–H groups in total. The number of aliphatic carboxylic acids is 5. The standard InChI is InChI=1S/C6H8O7.C4H4O4.K.Na/c7-3(8)1-6(13,5(11)12)2-4(9)10;5-3(6)1-2-4(7)8;;/h13H,1-2H2,(H,7,8)(H,9,10)(H,11,12);1-2H,(H,5,6)(H,7,8);;/q;;2*+1/p-2. The molecule has 118 valence electrons. The molecule has 0 saturated heterocycles. The topological polar surface area (TPSA) is 212 Å². The number of carboxylic acids is 5. The van der Waals surface area contributed by atoms with Gasteiger partial charge in [0.15, 0.2) is 5.60 Å². The van der Waals surface area contributed by atoms with E-state index in [4.69, 9.17) is 20.4 Å². The van der Waals surface area contributed by atoms with Crippen LogP contribution in [-0.4, -0.2) is 55.9 Å². The summed E-state index contributed by atoms with van der Waals surface area (Å²) in [5, 5.41) is 52.6. The van der Waals surface area contributed by atoms with Crippen LogP contribution in [0.1, 0.15) is 12.8 Å². The fourth-order valence-corrected chi connectivity index (χ4v) is 0.850. The van der Waals surface area contributed by atoms with E-state index < -0.39 is 48.3 Å². The van der Waals surface area contributed by atoms with Crippen LogP contribution in [0.25, 0.3) is 0 Å². The number of aliphatic hydroxyl groups is 1. The van der Waals surface area contributed by atoms with Crippen LogP contribution in [0.5, 0.6) is 0 Å². The Morgan fingerprint density at radius 3 is 1.22 bits per heavy atom. The Morgan fingerprint density at radius 1 is 0.826 bits per heavy atom. The number of carbonyl (C=O) groups excluding carboxylic acids is 2. The van der Waals surface area contributed by atoms with E-state index >= 15 is 0 Å². The first-order chi connectivity index (χ1) is 9.40. The minimum Gasteiger partial charge on any atom is -0.545 e. The molecule has 0 fully saturated rings. The summed E-state index contributed by atoms with van der Waals surface area (Å²) in [6, 6.07) is 0. The molecule has 11 nitrogen and oxygen atoms in total. The molecule has 0 aliphatic carbocycles. The van der Waals surface area contributed by atoms with Gasteiger partial charge in [0, 0.05) is 0 Å². The molecule has 0 unspecified atom stereocenters. The van der Waals surface area contributed by atoms with Crippen molar-refractivity contribution in [1.82, 2.24) is 0 Å². The van der Waals surface area contributed by atoms with E-state index in [1.165, 1.54) is 0 Å². The zero-order valence-corrected chi connectivity index (χ0v) is 17.3. The minimum atomic E-state index is -2.74. The molecule has 23 heavy (non-hydrogen) atoms. The molecule has 0 spiro atoms. The summed E-state index contributed by atoms with van der Waals surface area (Å²) in [5.74, 6) is -8.11. The number of hydrogen-bond acceptors (Lipinski definition) is 8. The fourth-order valence-electron chi connectivity index (χ4n) is 0.850. The minimum absolute atomic E-state index is 0. The van der Waals surface area contributed by atoms with Gasteiger partial charge in [-0.15, -0.1) is 0 Å². The smallest absolute Gasteiger partial charge is 0.545 e. The van der Waals surface area contributed by atoms with Gasteiger partial charge in [0.25, 0.3) is 0 Å². The van der Waals surface area contributed by atoms with Gasteiger partial charge in [-0.3, -0.25) is 9.59 Å². The molecule has 13 heteroatoms. The van der Waals surface area contributed by atoms with Crippen LogP contribution in [0, 0.1) is 0 Å². The molecule has 0 aromatic carbocycles. The maximum absolute atomic E-state index is 10.3. The third kappa shape index (κ3) is 19.6. The third-order valence-electron chi connectivity index (χ3n) is 1.64. The van der Waals surface area contributed by atoms with Crippen LogP contribution >= 0.6 is 0 Å². The molecular weight excluding hydrogens is 358 g/mol. The Bertz CT molecular complexity index is 441. The molecule has 0 bridgehead atoms. The maximum atomic E-state index is 10.3. The van der Waals surface area contributed by atoms with Gasteiger partial charge in [-0.05, 0) is 12.2 Å². The maximum Gasteiger partial charge on any atom is 1.00 e. The molecule has 0 radical (unpaired) electrons. The molecular formula is C10H10KNaO11. The van der Waals surface area contributed by atoms with Gasteiger partial charge in [0.05, 0.1) is 24.8 Å². The van der Waals surface area contributed by atoms with E-state index in [-0.39, 0.29) is 80.9 Å². The van der Waals surface area contributed by atoms with Crippen molar-refractivity contribution in [3.63, 3.8) is 0 Å². The molecule has 0 rings (SSSR count). The molecule has 0 aliphatic heterocycles. The summed E-state index contributed by atoms with van der Waals surface area (Å²) in [7, 11) is 0. The van der Waals surface area contributed by atoms with Crippen molar-refractivity contribution in [3.8, 4) is 0 Å². The predicted molar refractivity (Wildman–Crippen MR) is 56.2 cm³/mol. The molecule has 0 aromatic rings. The van der Waals surface area contributed by atoms with Gasteiger partial charge in [0.2, 0.25) is 0 Å². The van der Waals surface area contributed by atoms with Crippen LogP contribution in [0.2, 0.25) is 0 Å². The summed E-state index contributed by atoms with van der Waals surface area (Å²) in [4.78, 5) is 49.3. The summed E-state index contributed by atoms with van der Waals surface area (Å²) in [6.07, 6.45) is -1.52. The number of carboxylic acid groups (broad SMARTS) is 5. The summed E-state index contributed by atoms with van der Waals surface area (Å²) in [6.45, 7) is 0. The van der Waals surface area contributed by atoms with Crippen LogP contribution in [0.3, 0.4) is 0 Å². The number of hydrogen-bond donors (Lipinski definition) is 4. The van der Waals surface area contributed by atoms with Gasteiger partial charge < -0.3 is 40.2 Å². The first-order valence-electron chi connectivity index (χ1n) is 4.90. The van der Waals surface area contributed by atoms with Crippen LogP contribution < -0.4 is 91.2 Å². The molecule has 0 aromatic heterocycles. The van der Waals surface area contributed by atoms with Gasteiger partial charge >= 0.3 is 98.8 Å². The zero-order valence-electron chi connectivity index (χ0n) is 12.2. The van der Waals surface area contributed by atoms with E-state index in [9.17, 15) is 34.2 Å². The Morgan fingerprint density at radius 2 is 1.09 bits per heavy atom. The quantitative estimate of drug-likeness (QED) is 0.244. The second-order valence-corrected chi connectivity index (χ2v) is 3.45. The van der Waals surface area contributed by atoms with Crippen molar-refractivity contribution < 1.29 is 136 Å².